The van der Waals surface area contributed by atoms with Gasteiger partial charge in [0.2, 0.25) is 5.91 Å². The van der Waals surface area contributed by atoms with E-state index in [2.05, 4.69) is 35.2 Å². The van der Waals surface area contributed by atoms with E-state index >= 15 is 0 Å². The number of nitrogens with two attached hydrogens (primary N) is 1. The molecule has 0 aromatic carbocycles. The van der Waals surface area contributed by atoms with Crippen LogP contribution >= 0.6 is 0 Å². The van der Waals surface area contributed by atoms with Gasteiger partial charge in [-0.1, -0.05) is 0 Å². The topological polar surface area (TPSA) is 63.3 Å². The fraction of sp³-hybridized carbons (Fsp3) is 0.917. The zero-order valence-electron chi connectivity index (χ0n) is 11.9. The van der Waals surface area contributed by atoms with Gasteiger partial charge in [-0.05, 0) is 0 Å². The summed E-state index contributed by atoms with van der Waals surface area (Å²) in [5.41, 5.74) is 5.11. The smallest absolute Gasteiger partial charge is 0.217 e. The molecule has 0 aliphatic carbocycles. The van der Waals surface area contributed by atoms with Crippen LogP contribution in [0.3, 0.4) is 0 Å². The molecule has 5 nitrogen and oxygen atoms in total. The molecule has 0 aliphatic heterocycles. The molecule has 0 spiro atoms. The van der Waals surface area contributed by atoms with E-state index in [0.29, 0.717) is 17.4 Å². The van der Waals surface area contributed by atoms with Gasteiger partial charge in [-0.25, -0.2) is 0 Å². The zero-order valence-corrected chi connectivity index (χ0v) is 11.9. The van der Waals surface area contributed by atoms with Crippen LogP contribution in [0.4, 0.5) is 0 Å². The minimum Gasteiger partial charge on any atom is -0.382 e. The highest BCUT2D eigenvalue weighted by Gasteiger charge is 2.24. The van der Waals surface area contributed by atoms with Crippen molar-refractivity contribution in [2.75, 3.05) is 54.9 Å². The van der Waals surface area contributed by atoms with Gasteiger partial charge in [0.25, 0.3) is 0 Å². The van der Waals surface area contributed by atoms with Gasteiger partial charge in [0.1, 0.15) is 13.1 Å². The Morgan fingerprint density at radius 1 is 1.18 bits per heavy atom. The molecular formula is C12H29N3O2+2. The van der Waals surface area contributed by atoms with E-state index in [9.17, 15) is 9.90 Å². The molecule has 1 atom stereocenters. The number of hydrogen-bond acceptors (Lipinski definition) is 2. The molecule has 102 valence electrons. The summed E-state index contributed by atoms with van der Waals surface area (Å²) in [4.78, 5) is 10.7. The van der Waals surface area contributed by atoms with Gasteiger partial charge >= 0.3 is 0 Å². The van der Waals surface area contributed by atoms with E-state index in [-0.39, 0.29) is 12.0 Å². The van der Waals surface area contributed by atoms with Crippen molar-refractivity contribution < 1.29 is 18.9 Å². The average Bonchev–Trinajstić information content (AvgIpc) is 1.96. The highest BCUT2D eigenvalue weighted by atomic mass is 16.3. The Kier molecular flexibility index (Phi) is 6.09. The van der Waals surface area contributed by atoms with Gasteiger partial charge in [-0.2, -0.15) is 0 Å². The van der Waals surface area contributed by atoms with Crippen molar-refractivity contribution in [3.05, 3.63) is 0 Å². The molecule has 1 unspecified atom stereocenters. The van der Waals surface area contributed by atoms with Crippen LogP contribution in [-0.4, -0.2) is 81.0 Å². The number of nitrogens with zero attached hydrogens (tertiary/aromatic N) is 2. The zero-order chi connectivity index (χ0) is 13.7. The first kappa shape index (κ1) is 16.4. The third-order valence-electron chi connectivity index (χ3n) is 2.65. The summed E-state index contributed by atoms with van der Waals surface area (Å²) in [6.07, 6.45) is 0.880. The summed E-state index contributed by atoms with van der Waals surface area (Å²) in [6.45, 7) is 2.29. The molecule has 1 amide bonds. The molecule has 0 aliphatic rings. The van der Waals surface area contributed by atoms with Gasteiger partial charge in [0.15, 0.2) is 6.10 Å². The maximum Gasteiger partial charge on any atom is 0.217 e. The molecule has 0 fully saturated rings. The number of primary amides is 1. The number of amides is 1. The summed E-state index contributed by atoms with van der Waals surface area (Å²) in [5.74, 6) is -0.253. The molecule has 0 bridgehead atoms. The lowest BCUT2D eigenvalue weighted by Crippen LogP contribution is -2.51. The third-order valence-corrected chi connectivity index (χ3v) is 2.65. The van der Waals surface area contributed by atoms with Gasteiger partial charge in [-0.3, -0.25) is 4.79 Å². The standard InChI is InChI=1S/C12H28N3O2/c1-14(2,3)9-11(16)10-15(4,5)8-6-7-12(13)17/h11,16H,6-10H2,1-5H3,(H-,13,17)/q+1/p+1. The first-order valence-corrected chi connectivity index (χ1v) is 6.11. The second-order valence-electron chi connectivity index (χ2n) is 6.54. The van der Waals surface area contributed by atoms with Crippen LogP contribution in [-0.2, 0) is 4.79 Å². The summed E-state index contributed by atoms with van der Waals surface area (Å²) < 4.78 is 1.47. The van der Waals surface area contributed by atoms with Crippen LogP contribution in [0.5, 0.6) is 0 Å². The van der Waals surface area contributed by atoms with Gasteiger partial charge < -0.3 is 19.8 Å². The van der Waals surface area contributed by atoms with Crippen LogP contribution in [0.15, 0.2) is 0 Å². The minimum atomic E-state index is -0.321. The summed E-state index contributed by atoms with van der Waals surface area (Å²) in [6, 6.07) is 0. The van der Waals surface area contributed by atoms with E-state index in [0.717, 1.165) is 24.0 Å². The number of likely N-dealkylation sites (N-methyl/N-ethyl adjacent to an activating group) is 2. The second kappa shape index (κ2) is 6.33. The number of carbonyl (C=O) groups excluding carboxylic acids is 1. The van der Waals surface area contributed by atoms with Crippen molar-refractivity contribution in [2.24, 2.45) is 5.73 Å². The van der Waals surface area contributed by atoms with Gasteiger partial charge in [-0.15, -0.1) is 0 Å². The lowest BCUT2D eigenvalue weighted by atomic mass is 10.2. The predicted octanol–water partition coefficient (Wildman–Crippen LogP) is -0.605. The van der Waals surface area contributed by atoms with Crippen molar-refractivity contribution in [1.82, 2.24) is 0 Å². The van der Waals surface area contributed by atoms with Crippen LogP contribution in [0.1, 0.15) is 12.8 Å². The fourth-order valence-corrected chi connectivity index (χ4v) is 2.03. The molecule has 0 rings (SSSR count). The molecule has 3 N–H and O–H groups in total. The summed E-state index contributed by atoms with van der Waals surface area (Å²) in [5, 5.41) is 10.0. The molecule has 17 heavy (non-hydrogen) atoms. The SMILES string of the molecule is C[N+](C)(C)CC(O)C[N+](C)(C)CCCC(N)=O. The predicted molar refractivity (Wildman–Crippen MR) is 69.2 cm³/mol. The highest BCUT2D eigenvalue weighted by molar-refractivity contribution is 5.73. The molecule has 0 saturated heterocycles. The summed E-state index contributed by atoms with van der Waals surface area (Å²) in [7, 11) is 10.3. The quantitative estimate of drug-likeness (QED) is 0.562. The average molecular weight is 247 g/mol. The number of hydrogen-bond donors (Lipinski definition) is 2. The van der Waals surface area contributed by atoms with E-state index in [1.165, 1.54) is 0 Å². The number of carbonyl (C=O) groups is 1. The molecule has 5 heteroatoms. The van der Waals surface area contributed by atoms with E-state index < -0.39 is 0 Å². The monoisotopic (exact) mass is 247 g/mol. The normalized spacial score (nSPS) is 14.7. The van der Waals surface area contributed by atoms with Crippen LogP contribution in [0.25, 0.3) is 0 Å². The largest absolute Gasteiger partial charge is 0.382 e. The Morgan fingerprint density at radius 2 is 1.71 bits per heavy atom. The number of rotatable bonds is 8. The minimum absolute atomic E-state index is 0.253. The van der Waals surface area contributed by atoms with Crippen molar-refractivity contribution >= 4 is 5.91 Å². The number of quaternary nitrogens is 2. The van der Waals surface area contributed by atoms with Gasteiger partial charge in [0.05, 0.1) is 41.8 Å². The van der Waals surface area contributed by atoms with Crippen LogP contribution in [0.2, 0.25) is 0 Å². The number of aliphatic hydroxyl groups excluding tert-OH is 1. The van der Waals surface area contributed by atoms with Crippen LogP contribution in [0, 0.1) is 0 Å². The summed E-state index contributed by atoms with van der Waals surface area (Å²) >= 11 is 0. The molecular weight excluding hydrogens is 218 g/mol. The van der Waals surface area contributed by atoms with Crippen molar-refractivity contribution in [3.63, 3.8) is 0 Å². The third kappa shape index (κ3) is 10.2. The van der Waals surface area contributed by atoms with Crippen LogP contribution < -0.4 is 5.73 Å². The lowest BCUT2D eigenvalue weighted by Gasteiger charge is -2.34. The maximum absolute atomic E-state index is 10.7. The Morgan fingerprint density at radius 3 is 2.12 bits per heavy atom. The Hall–Kier alpha value is -0.650. The van der Waals surface area contributed by atoms with E-state index in [1.807, 2.05) is 0 Å². The first-order chi connectivity index (χ1) is 7.52. The van der Waals surface area contributed by atoms with Crippen molar-refractivity contribution in [3.8, 4) is 0 Å². The fourth-order valence-electron chi connectivity index (χ4n) is 2.03. The molecule has 0 heterocycles. The maximum atomic E-state index is 10.7. The second-order valence-corrected chi connectivity index (χ2v) is 6.54. The number of aliphatic hydroxyl groups is 1. The van der Waals surface area contributed by atoms with Gasteiger partial charge in [0, 0.05) is 12.8 Å². The lowest BCUT2D eigenvalue weighted by molar-refractivity contribution is -0.907. The van der Waals surface area contributed by atoms with Crippen molar-refractivity contribution in [1.29, 1.82) is 0 Å². The Balaban J connectivity index is 4.02. The molecule has 0 radical (unpaired) electrons. The molecule has 0 aromatic rings. The van der Waals surface area contributed by atoms with Crippen molar-refractivity contribution in [2.45, 2.75) is 18.9 Å². The first-order valence-electron chi connectivity index (χ1n) is 6.11. The molecule has 0 saturated carbocycles. The van der Waals surface area contributed by atoms with E-state index in [4.69, 9.17) is 5.73 Å². The Bertz CT molecular complexity index is 247. The molecule has 0 aromatic heterocycles. The van der Waals surface area contributed by atoms with E-state index in [1.54, 1.807) is 0 Å². The Labute approximate surface area is 105 Å². The highest BCUT2D eigenvalue weighted by Crippen LogP contribution is 2.06.